The Labute approximate surface area is 123 Å². The van der Waals surface area contributed by atoms with Gasteiger partial charge in [0.1, 0.15) is 5.82 Å². The second-order valence-electron chi connectivity index (χ2n) is 5.03. The SMILES string of the molecule is OCc1ccc(N2CCN(Cc3cccs3)CC2)nc1. The van der Waals surface area contributed by atoms with Gasteiger partial charge in [-0.15, -0.1) is 11.3 Å². The van der Waals surface area contributed by atoms with Crippen LogP contribution in [0, 0.1) is 0 Å². The van der Waals surface area contributed by atoms with Gasteiger partial charge in [-0.1, -0.05) is 12.1 Å². The summed E-state index contributed by atoms with van der Waals surface area (Å²) >= 11 is 1.83. The van der Waals surface area contributed by atoms with Crippen LogP contribution < -0.4 is 4.90 Å². The summed E-state index contributed by atoms with van der Waals surface area (Å²) in [5.74, 6) is 1.01. The molecule has 0 aliphatic carbocycles. The van der Waals surface area contributed by atoms with E-state index in [-0.39, 0.29) is 6.61 Å². The van der Waals surface area contributed by atoms with Crippen molar-refractivity contribution in [2.45, 2.75) is 13.2 Å². The molecule has 0 unspecified atom stereocenters. The first kappa shape index (κ1) is 13.5. The first-order valence-corrected chi connectivity index (χ1v) is 7.78. The average molecular weight is 289 g/mol. The lowest BCUT2D eigenvalue weighted by atomic mass is 10.2. The molecular weight excluding hydrogens is 270 g/mol. The van der Waals surface area contributed by atoms with E-state index in [9.17, 15) is 0 Å². The van der Waals surface area contributed by atoms with Crippen LogP contribution in [-0.2, 0) is 13.2 Å². The number of piperazine rings is 1. The number of aromatic nitrogens is 1. The van der Waals surface area contributed by atoms with Crippen molar-refractivity contribution >= 4 is 17.2 Å². The van der Waals surface area contributed by atoms with Crippen LogP contribution >= 0.6 is 11.3 Å². The fourth-order valence-corrected chi connectivity index (χ4v) is 3.20. The Morgan fingerprint density at radius 1 is 1.15 bits per heavy atom. The van der Waals surface area contributed by atoms with Crippen molar-refractivity contribution in [1.82, 2.24) is 9.88 Å². The van der Waals surface area contributed by atoms with Crippen molar-refractivity contribution in [2.24, 2.45) is 0 Å². The molecule has 0 spiro atoms. The molecule has 0 amide bonds. The predicted molar refractivity (Wildman–Crippen MR) is 82.0 cm³/mol. The van der Waals surface area contributed by atoms with E-state index in [2.05, 4.69) is 32.3 Å². The molecule has 1 N–H and O–H groups in total. The highest BCUT2D eigenvalue weighted by Crippen LogP contribution is 2.17. The summed E-state index contributed by atoms with van der Waals surface area (Å²) in [6.45, 7) is 5.28. The highest BCUT2D eigenvalue weighted by Gasteiger charge is 2.18. The summed E-state index contributed by atoms with van der Waals surface area (Å²) in [5.41, 5.74) is 0.866. The summed E-state index contributed by atoms with van der Waals surface area (Å²) in [4.78, 5) is 10.7. The molecule has 0 bridgehead atoms. The minimum Gasteiger partial charge on any atom is -0.392 e. The molecule has 0 aromatic carbocycles. The molecule has 4 nitrogen and oxygen atoms in total. The lowest BCUT2D eigenvalue weighted by Gasteiger charge is -2.35. The molecule has 106 valence electrons. The van der Waals surface area contributed by atoms with E-state index < -0.39 is 0 Å². The minimum absolute atomic E-state index is 0.0574. The van der Waals surface area contributed by atoms with Gasteiger partial charge >= 0.3 is 0 Å². The van der Waals surface area contributed by atoms with Gasteiger partial charge in [-0.25, -0.2) is 4.98 Å². The zero-order valence-corrected chi connectivity index (χ0v) is 12.2. The van der Waals surface area contributed by atoms with Crippen LogP contribution in [0.5, 0.6) is 0 Å². The fraction of sp³-hybridized carbons (Fsp3) is 0.400. The lowest BCUT2D eigenvalue weighted by molar-refractivity contribution is 0.251. The number of aliphatic hydroxyl groups excluding tert-OH is 1. The Hall–Kier alpha value is -1.43. The number of thiophene rings is 1. The molecule has 1 saturated heterocycles. The predicted octanol–water partition coefficient (Wildman–Crippen LogP) is 1.96. The van der Waals surface area contributed by atoms with Gasteiger partial charge in [0.05, 0.1) is 6.61 Å². The number of hydrogen-bond acceptors (Lipinski definition) is 5. The van der Waals surface area contributed by atoms with E-state index in [1.54, 1.807) is 6.20 Å². The number of anilines is 1. The van der Waals surface area contributed by atoms with E-state index in [1.165, 1.54) is 4.88 Å². The first-order valence-electron chi connectivity index (χ1n) is 6.90. The van der Waals surface area contributed by atoms with Crippen molar-refractivity contribution in [3.63, 3.8) is 0 Å². The van der Waals surface area contributed by atoms with Gasteiger partial charge in [0.2, 0.25) is 0 Å². The van der Waals surface area contributed by atoms with E-state index in [0.717, 1.165) is 44.1 Å². The van der Waals surface area contributed by atoms with Gasteiger partial charge in [0.25, 0.3) is 0 Å². The molecule has 1 aliphatic heterocycles. The van der Waals surface area contributed by atoms with Crippen LogP contribution in [0.3, 0.4) is 0 Å². The number of aliphatic hydroxyl groups is 1. The van der Waals surface area contributed by atoms with E-state index in [4.69, 9.17) is 5.11 Å². The molecule has 0 radical (unpaired) electrons. The summed E-state index contributed by atoms with van der Waals surface area (Å²) < 4.78 is 0. The Morgan fingerprint density at radius 2 is 2.00 bits per heavy atom. The number of pyridine rings is 1. The Kier molecular flexibility index (Phi) is 4.30. The normalized spacial score (nSPS) is 16.6. The Balaban J connectivity index is 1.55. The minimum atomic E-state index is 0.0574. The maximum absolute atomic E-state index is 9.04. The van der Waals surface area contributed by atoms with Crippen LogP contribution in [0.2, 0.25) is 0 Å². The van der Waals surface area contributed by atoms with Crippen LogP contribution in [0.4, 0.5) is 5.82 Å². The first-order chi connectivity index (χ1) is 9.85. The van der Waals surface area contributed by atoms with Gasteiger partial charge in [-0.3, -0.25) is 4.90 Å². The molecule has 1 fully saturated rings. The van der Waals surface area contributed by atoms with Crippen molar-refractivity contribution < 1.29 is 5.11 Å². The summed E-state index contributed by atoms with van der Waals surface area (Å²) in [6.07, 6.45) is 1.76. The largest absolute Gasteiger partial charge is 0.392 e. The third-order valence-electron chi connectivity index (χ3n) is 3.65. The van der Waals surface area contributed by atoms with Gasteiger partial charge < -0.3 is 10.0 Å². The number of nitrogens with zero attached hydrogens (tertiary/aromatic N) is 3. The molecule has 2 aromatic rings. The van der Waals surface area contributed by atoms with Crippen LogP contribution in [0.1, 0.15) is 10.4 Å². The second-order valence-corrected chi connectivity index (χ2v) is 6.06. The molecule has 5 heteroatoms. The fourth-order valence-electron chi connectivity index (χ4n) is 2.46. The quantitative estimate of drug-likeness (QED) is 0.934. The number of hydrogen-bond donors (Lipinski definition) is 1. The third-order valence-corrected chi connectivity index (χ3v) is 4.51. The zero-order chi connectivity index (χ0) is 13.8. The smallest absolute Gasteiger partial charge is 0.128 e. The molecule has 0 saturated carbocycles. The van der Waals surface area contributed by atoms with Gasteiger partial charge in [-0.2, -0.15) is 0 Å². The monoisotopic (exact) mass is 289 g/mol. The van der Waals surface area contributed by atoms with Gasteiger partial charge in [-0.05, 0) is 23.1 Å². The van der Waals surface area contributed by atoms with Crippen LogP contribution in [0.15, 0.2) is 35.8 Å². The maximum atomic E-state index is 9.04. The van der Waals surface area contributed by atoms with Gasteiger partial charge in [0, 0.05) is 43.8 Å². The molecule has 2 aromatic heterocycles. The number of rotatable bonds is 4. The molecule has 3 rings (SSSR count). The van der Waals surface area contributed by atoms with Gasteiger partial charge in [0.15, 0.2) is 0 Å². The van der Waals surface area contributed by atoms with Crippen molar-refractivity contribution in [3.8, 4) is 0 Å². The maximum Gasteiger partial charge on any atom is 0.128 e. The van der Waals surface area contributed by atoms with Crippen molar-refractivity contribution in [2.75, 3.05) is 31.1 Å². The summed E-state index contributed by atoms with van der Waals surface area (Å²) in [7, 11) is 0. The molecule has 0 atom stereocenters. The summed E-state index contributed by atoms with van der Waals surface area (Å²) in [6, 6.07) is 8.26. The highest BCUT2D eigenvalue weighted by molar-refractivity contribution is 7.09. The van der Waals surface area contributed by atoms with Crippen molar-refractivity contribution in [1.29, 1.82) is 0 Å². The standard InChI is InChI=1S/C15H19N3OS/c19-12-13-3-4-15(16-10-13)18-7-5-17(6-8-18)11-14-2-1-9-20-14/h1-4,9-10,19H,5-8,11-12H2. The second kappa shape index (κ2) is 6.35. The highest BCUT2D eigenvalue weighted by atomic mass is 32.1. The topological polar surface area (TPSA) is 39.6 Å². The zero-order valence-electron chi connectivity index (χ0n) is 11.4. The Bertz CT molecular complexity index is 519. The molecule has 20 heavy (non-hydrogen) atoms. The molecular formula is C15H19N3OS. The van der Waals surface area contributed by atoms with Crippen LogP contribution in [-0.4, -0.2) is 41.2 Å². The summed E-state index contributed by atoms with van der Waals surface area (Å²) in [5, 5.41) is 11.2. The molecule has 1 aliphatic rings. The lowest BCUT2D eigenvalue weighted by Crippen LogP contribution is -2.46. The third kappa shape index (κ3) is 3.17. The van der Waals surface area contributed by atoms with E-state index >= 15 is 0 Å². The molecule has 3 heterocycles. The Morgan fingerprint density at radius 3 is 2.60 bits per heavy atom. The van der Waals surface area contributed by atoms with E-state index in [1.807, 2.05) is 23.5 Å². The van der Waals surface area contributed by atoms with Crippen molar-refractivity contribution in [3.05, 3.63) is 46.3 Å². The van der Waals surface area contributed by atoms with Crippen LogP contribution in [0.25, 0.3) is 0 Å². The van der Waals surface area contributed by atoms with E-state index in [0.29, 0.717) is 0 Å². The average Bonchev–Trinajstić information content (AvgIpc) is 3.01.